The lowest BCUT2D eigenvalue weighted by Crippen LogP contribution is -2.09. The third-order valence-corrected chi connectivity index (χ3v) is 2.49. The average molecular weight is 244 g/mol. The van der Waals surface area contributed by atoms with E-state index in [9.17, 15) is 9.59 Å². The van der Waals surface area contributed by atoms with Gasteiger partial charge < -0.3 is 9.16 Å². The molecule has 0 N–H and O–H groups in total. The fraction of sp³-hybridized carbons (Fsp3) is 0.636. The number of rotatable bonds is 7. The summed E-state index contributed by atoms with van der Waals surface area (Å²) in [5.74, 6) is -0.921. The van der Waals surface area contributed by atoms with Crippen molar-refractivity contribution in [3.63, 3.8) is 0 Å². The second kappa shape index (κ2) is 9.15. The largest absolute Gasteiger partial charge is 0.526 e. The summed E-state index contributed by atoms with van der Waals surface area (Å²) < 4.78 is 9.54. The Balaban J connectivity index is 3.79. The molecule has 0 unspecified atom stereocenters. The van der Waals surface area contributed by atoms with E-state index < -0.39 is 11.9 Å². The van der Waals surface area contributed by atoms with E-state index in [1.165, 1.54) is 6.08 Å². The van der Waals surface area contributed by atoms with E-state index in [0.29, 0.717) is 17.1 Å². The second-order valence-corrected chi connectivity index (χ2v) is 3.96. The number of unbranched alkanes of at least 4 members (excludes halogenated alkanes) is 3. The summed E-state index contributed by atoms with van der Waals surface area (Å²) in [5, 5.41) is 0. The molecule has 0 radical (unpaired) electrons. The van der Waals surface area contributed by atoms with E-state index in [1.54, 1.807) is 6.92 Å². The fourth-order valence-electron chi connectivity index (χ4n) is 1.10. The Morgan fingerprint density at radius 1 is 1.25 bits per heavy atom. The SMILES string of the molecule is CCCCCCOC(=O)/C(C)=C\C(=O)O[SiH3]. The number of esters is 1. The lowest BCUT2D eigenvalue weighted by Gasteiger charge is -2.04. The molecule has 0 spiro atoms. The molecular weight excluding hydrogens is 224 g/mol. The van der Waals surface area contributed by atoms with Gasteiger partial charge in [0.25, 0.3) is 0 Å². The van der Waals surface area contributed by atoms with Crippen LogP contribution in [0.4, 0.5) is 0 Å². The van der Waals surface area contributed by atoms with Crippen LogP contribution in [-0.2, 0) is 18.8 Å². The van der Waals surface area contributed by atoms with Gasteiger partial charge in [0.1, 0.15) is 0 Å². The normalized spacial score (nSPS) is 11.2. The lowest BCUT2D eigenvalue weighted by atomic mass is 10.2. The molecule has 0 saturated carbocycles. The first-order valence-corrected chi connectivity index (χ1v) is 6.36. The number of carbonyl (C=O) groups excluding carboxylic acids is 2. The van der Waals surface area contributed by atoms with Gasteiger partial charge >= 0.3 is 11.9 Å². The predicted molar refractivity (Wildman–Crippen MR) is 64.9 cm³/mol. The van der Waals surface area contributed by atoms with Gasteiger partial charge in [0.2, 0.25) is 10.5 Å². The third-order valence-electron chi connectivity index (χ3n) is 2.09. The second-order valence-electron chi connectivity index (χ2n) is 3.55. The van der Waals surface area contributed by atoms with Crippen molar-refractivity contribution in [1.82, 2.24) is 0 Å². The predicted octanol–water partition coefficient (Wildman–Crippen LogP) is 0.880. The van der Waals surface area contributed by atoms with Crippen molar-refractivity contribution in [2.75, 3.05) is 6.61 Å². The van der Waals surface area contributed by atoms with Crippen molar-refractivity contribution >= 4 is 22.4 Å². The van der Waals surface area contributed by atoms with Gasteiger partial charge in [-0.05, 0) is 13.3 Å². The quantitative estimate of drug-likeness (QED) is 0.289. The summed E-state index contributed by atoms with van der Waals surface area (Å²) in [6.07, 6.45) is 5.41. The monoisotopic (exact) mass is 244 g/mol. The molecule has 0 heterocycles. The molecule has 0 aliphatic rings. The molecule has 0 aliphatic carbocycles. The van der Waals surface area contributed by atoms with Crippen molar-refractivity contribution < 1.29 is 18.8 Å². The maximum Gasteiger partial charge on any atom is 0.333 e. The minimum absolute atomic E-state index is 0.288. The lowest BCUT2D eigenvalue weighted by molar-refractivity contribution is -0.139. The molecule has 5 heteroatoms. The third kappa shape index (κ3) is 7.22. The summed E-state index contributed by atoms with van der Waals surface area (Å²) in [5.41, 5.74) is 0.288. The van der Waals surface area contributed by atoms with Crippen LogP contribution in [0.2, 0.25) is 0 Å². The van der Waals surface area contributed by atoms with E-state index in [0.717, 1.165) is 25.7 Å². The maximum absolute atomic E-state index is 11.3. The van der Waals surface area contributed by atoms with Crippen LogP contribution in [0.3, 0.4) is 0 Å². The number of hydrogen-bond donors (Lipinski definition) is 0. The Kier molecular flexibility index (Phi) is 8.52. The average Bonchev–Trinajstić information content (AvgIpc) is 2.28. The van der Waals surface area contributed by atoms with E-state index >= 15 is 0 Å². The van der Waals surface area contributed by atoms with Crippen LogP contribution in [-0.4, -0.2) is 29.0 Å². The molecule has 0 aromatic heterocycles. The van der Waals surface area contributed by atoms with Gasteiger partial charge in [-0.15, -0.1) is 0 Å². The van der Waals surface area contributed by atoms with Gasteiger partial charge in [0.15, 0.2) is 0 Å². The van der Waals surface area contributed by atoms with Crippen molar-refractivity contribution in [3.8, 4) is 0 Å². The first kappa shape index (κ1) is 14.9. The van der Waals surface area contributed by atoms with Gasteiger partial charge in [0, 0.05) is 11.6 Å². The maximum atomic E-state index is 11.3. The highest BCUT2D eigenvalue weighted by Gasteiger charge is 2.07. The molecule has 0 fully saturated rings. The smallest absolute Gasteiger partial charge is 0.333 e. The Morgan fingerprint density at radius 3 is 2.50 bits per heavy atom. The van der Waals surface area contributed by atoms with Crippen LogP contribution in [0, 0.1) is 0 Å². The van der Waals surface area contributed by atoms with Crippen molar-refractivity contribution in [2.24, 2.45) is 0 Å². The molecule has 92 valence electrons. The van der Waals surface area contributed by atoms with Crippen molar-refractivity contribution in [2.45, 2.75) is 39.5 Å². The van der Waals surface area contributed by atoms with Crippen LogP contribution in [0.25, 0.3) is 0 Å². The zero-order valence-corrected chi connectivity index (χ0v) is 12.2. The standard InChI is InChI=1S/C11H20O4Si/c1-3-4-5-6-7-14-11(13)9(2)8-10(12)15-16/h8H,3-7H2,1-2,16H3/b9-8-. The first-order chi connectivity index (χ1) is 7.61. The molecule has 16 heavy (non-hydrogen) atoms. The number of ether oxygens (including phenoxy) is 1. The van der Waals surface area contributed by atoms with Gasteiger partial charge in [-0.1, -0.05) is 26.2 Å². The molecule has 0 atom stereocenters. The van der Waals surface area contributed by atoms with E-state index in [4.69, 9.17) is 4.74 Å². The molecule has 0 aromatic rings. The zero-order valence-electron chi connectivity index (χ0n) is 10.2. The van der Waals surface area contributed by atoms with Crippen molar-refractivity contribution in [3.05, 3.63) is 11.6 Å². The molecule has 0 bridgehead atoms. The molecule has 0 saturated heterocycles. The highest BCUT2D eigenvalue weighted by Crippen LogP contribution is 2.02. The Bertz CT molecular complexity index is 261. The Morgan fingerprint density at radius 2 is 1.94 bits per heavy atom. The van der Waals surface area contributed by atoms with Gasteiger partial charge in [-0.2, -0.15) is 0 Å². The number of carbonyl (C=O) groups is 2. The fourth-order valence-corrected chi connectivity index (χ4v) is 1.22. The Labute approximate surface area is 99.5 Å². The topological polar surface area (TPSA) is 52.6 Å². The summed E-state index contributed by atoms with van der Waals surface area (Å²) in [6, 6.07) is 0. The minimum Gasteiger partial charge on any atom is -0.526 e. The molecule has 0 aliphatic heterocycles. The number of hydrogen-bond acceptors (Lipinski definition) is 4. The summed E-state index contributed by atoms with van der Waals surface area (Å²) in [4.78, 5) is 22.2. The van der Waals surface area contributed by atoms with Crippen LogP contribution < -0.4 is 0 Å². The Hall–Kier alpha value is -1.10. The molecule has 0 aromatic carbocycles. The van der Waals surface area contributed by atoms with Gasteiger partial charge in [-0.3, -0.25) is 0 Å². The van der Waals surface area contributed by atoms with Crippen LogP contribution in [0.5, 0.6) is 0 Å². The zero-order chi connectivity index (χ0) is 12.4. The molecular formula is C11H20O4Si. The van der Waals surface area contributed by atoms with Crippen LogP contribution in [0.15, 0.2) is 11.6 Å². The van der Waals surface area contributed by atoms with Gasteiger partial charge in [-0.25, -0.2) is 9.59 Å². The minimum atomic E-state index is -0.480. The highest BCUT2D eigenvalue weighted by atomic mass is 28.2. The van der Waals surface area contributed by atoms with Crippen LogP contribution in [0.1, 0.15) is 39.5 Å². The van der Waals surface area contributed by atoms with Gasteiger partial charge in [0.05, 0.1) is 6.61 Å². The first-order valence-electron chi connectivity index (χ1n) is 5.55. The molecule has 0 amide bonds. The summed E-state index contributed by atoms with van der Waals surface area (Å²) >= 11 is 0. The molecule has 4 nitrogen and oxygen atoms in total. The van der Waals surface area contributed by atoms with E-state index in [-0.39, 0.29) is 5.57 Å². The van der Waals surface area contributed by atoms with E-state index in [1.807, 2.05) is 0 Å². The summed E-state index contributed by atoms with van der Waals surface area (Å²) in [7, 11) is 0.332. The van der Waals surface area contributed by atoms with Crippen molar-refractivity contribution in [1.29, 1.82) is 0 Å². The van der Waals surface area contributed by atoms with E-state index in [2.05, 4.69) is 11.3 Å². The highest BCUT2D eigenvalue weighted by molar-refractivity contribution is 6.09. The van der Waals surface area contributed by atoms with Crippen LogP contribution >= 0.6 is 0 Å². The summed E-state index contributed by atoms with van der Waals surface area (Å²) in [6.45, 7) is 4.09. The molecule has 0 rings (SSSR count).